The van der Waals surface area contributed by atoms with Crippen molar-refractivity contribution in [3.63, 3.8) is 0 Å². The lowest BCUT2D eigenvalue weighted by molar-refractivity contribution is 0.117. The number of nitrogens with zero attached hydrogens (tertiary/aromatic N) is 5. The Bertz CT molecular complexity index is 2380. The van der Waals surface area contributed by atoms with E-state index in [1.54, 1.807) is 0 Å². The predicted octanol–water partition coefficient (Wildman–Crippen LogP) is 31.2. The first-order valence-corrected chi connectivity index (χ1v) is 43.8. The Morgan fingerprint density at radius 3 is 1.14 bits per heavy atom. The van der Waals surface area contributed by atoms with E-state index in [1.165, 1.54) is 121 Å². The second-order valence-corrected chi connectivity index (χ2v) is 32.2. The summed E-state index contributed by atoms with van der Waals surface area (Å²) in [6, 6.07) is 31.0. The fourth-order valence-corrected chi connectivity index (χ4v) is 13.4. The van der Waals surface area contributed by atoms with Gasteiger partial charge in [0.05, 0.1) is 12.6 Å². The van der Waals surface area contributed by atoms with Crippen molar-refractivity contribution in [3.8, 4) is 0 Å². The Hall–Kier alpha value is -3.80. The Balaban J connectivity index is -0.000000352. The average molecular weight is 1430 g/mol. The van der Waals surface area contributed by atoms with Crippen LogP contribution in [0.2, 0.25) is 0 Å². The minimum atomic E-state index is 0.531. The van der Waals surface area contributed by atoms with Gasteiger partial charge in [-0.15, -0.1) is 0 Å². The highest BCUT2D eigenvalue weighted by atomic mass is 15.3. The molecule has 1 aromatic heterocycles. The first-order chi connectivity index (χ1) is 48.7. The number of likely N-dealkylation sites (tertiary alicyclic amines) is 1. The van der Waals surface area contributed by atoms with Gasteiger partial charge in [0, 0.05) is 56.1 Å². The van der Waals surface area contributed by atoms with Crippen LogP contribution in [-0.4, -0.2) is 69.8 Å². The molecule has 5 aliphatic rings. The molecule has 0 amide bonds. The summed E-state index contributed by atoms with van der Waals surface area (Å²) >= 11 is 0. The number of pyridine rings is 1. The van der Waals surface area contributed by atoms with Crippen LogP contribution in [0.3, 0.4) is 0 Å². The van der Waals surface area contributed by atoms with E-state index in [-0.39, 0.29) is 0 Å². The van der Waals surface area contributed by atoms with Gasteiger partial charge in [0.25, 0.3) is 0 Å². The van der Waals surface area contributed by atoms with Crippen molar-refractivity contribution in [2.24, 2.45) is 58.3 Å². The SMILES string of the molecule is CC.CC.CC.CC.CC.CC.CC.CC(C)C1=NCC2CC(C(C)C)CN12.CC(C)C1CCCC(C(C)C)C1.CC(C)C1CCCN(C(C)C)C1.CC(C)c1ccc2c(c1)CN(C(C)C)C2.CC(C)c1cccc(C(C)C)c1.CC(C)c1ccccc1C(C)C.CC(C)c1ccnc(C(C)C)c1. The molecule has 5 heteroatoms. The van der Waals surface area contributed by atoms with Gasteiger partial charge in [-0.25, -0.2) is 0 Å². The van der Waals surface area contributed by atoms with E-state index in [4.69, 9.17) is 0 Å². The van der Waals surface area contributed by atoms with Crippen molar-refractivity contribution in [3.05, 3.63) is 135 Å². The smallest absolute Gasteiger partial charge is 0.102 e. The van der Waals surface area contributed by atoms with Crippen LogP contribution in [0.1, 0.15) is 427 Å². The van der Waals surface area contributed by atoms with Crippen molar-refractivity contribution in [2.75, 3.05) is 26.2 Å². The van der Waals surface area contributed by atoms with Crippen LogP contribution in [0.5, 0.6) is 0 Å². The minimum absolute atomic E-state index is 0.531. The minimum Gasteiger partial charge on any atom is -0.355 e. The number of rotatable bonds is 14. The van der Waals surface area contributed by atoms with Gasteiger partial charge in [-0.3, -0.25) is 14.9 Å². The molecule has 9 rings (SSSR count). The number of fused-ring (bicyclic) bond motifs is 2. The van der Waals surface area contributed by atoms with Crippen LogP contribution >= 0.6 is 0 Å². The number of aliphatic imine (C=N–C) groups is 1. The zero-order valence-corrected chi connectivity index (χ0v) is 77.5. The second-order valence-electron chi connectivity index (χ2n) is 32.2. The van der Waals surface area contributed by atoms with Crippen molar-refractivity contribution in [1.82, 2.24) is 19.7 Å². The molecule has 5 nitrogen and oxygen atoms in total. The molecule has 5 heterocycles. The summed E-state index contributed by atoms with van der Waals surface area (Å²) < 4.78 is 0. The highest BCUT2D eigenvalue weighted by Crippen LogP contribution is 2.38. The lowest BCUT2D eigenvalue weighted by Gasteiger charge is -2.37. The third-order valence-corrected chi connectivity index (χ3v) is 20.4. The summed E-state index contributed by atoms with van der Waals surface area (Å²) in [7, 11) is 0. The van der Waals surface area contributed by atoms with Gasteiger partial charge in [0.2, 0.25) is 0 Å². The van der Waals surface area contributed by atoms with Gasteiger partial charge in [-0.2, -0.15) is 0 Å². The van der Waals surface area contributed by atoms with E-state index in [9.17, 15) is 0 Å². The summed E-state index contributed by atoms with van der Waals surface area (Å²) in [6.45, 7) is 99.0. The Morgan fingerprint density at radius 1 is 0.340 bits per heavy atom. The predicted molar refractivity (Wildman–Crippen MR) is 476 cm³/mol. The van der Waals surface area contributed by atoms with Crippen molar-refractivity contribution in [2.45, 2.75) is 408 Å². The van der Waals surface area contributed by atoms with Gasteiger partial charge in [0.15, 0.2) is 0 Å². The molecular formula is C98H185N5. The van der Waals surface area contributed by atoms with Gasteiger partial charge >= 0.3 is 0 Å². The molecule has 5 unspecified atom stereocenters. The molecule has 1 saturated carbocycles. The van der Waals surface area contributed by atoms with Crippen LogP contribution < -0.4 is 0 Å². The highest BCUT2D eigenvalue weighted by Gasteiger charge is 2.39. The number of amidine groups is 1. The van der Waals surface area contributed by atoms with Crippen molar-refractivity contribution < 1.29 is 0 Å². The first kappa shape index (κ1) is 108. The molecule has 0 radical (unpaired) electrons. The maximum absolute atomic E-state index is 4.66. The fraction of sp³-hybridized carbons (Fsp3) is 0.755. The van der Waals surface area contributed by atoms with Crippen LogP contribution in [0.4, 0.5) is 0 Å². The molecule has 0 bridgehead atoms. The van der Waals surface area contributed by atoms with Crippen LogP contribution in [0.25, 0.3) is 0 Å². The molecule has 602 valence electrons. The summed E-state index contributed by atoms with van der Waals surface area (Å²) in [6.07, 6.45) is 12.1. The largest absolute Gasteiger partial charge is 0.355 e. The topological polar surface area (TPSA) is 35.0 Å². The summed E-state index contributed by atoms with van der Waals surface area (Å²) in [5.74, 6) is 13.7. The molecule has 0 spiro atoms. The zero-order valence-electron chi connectivity index (χ0n) is 77.5. The molecule has 1 aliphatic carbocycles. The van der Waals surface area contributed by atoms with Gasteiger partial charge in [0.1, 0.15) is 5.84 Å². The Kier molecular flexibility index (Phi) is 66.1. The molecule has 4 aromatic rings. The number of hydrogen-bond donors (Lipinski definition) is 0. The molecule has 5 atom stereocenters. The van der Waals surface area contributed by atoms with Crippen molar-refractivity contribution in [1.29, 1.82) is 0 Å². The summed E-state index contributed by atoms with van der Waals surface area (Å²) in [5, 5.41) is 0. The van der Waals surface area contributed by atoms with Gasteiger partial charge in [-0.1, -0.05) is 349 Å². The van der Waals surface area contributed by atoms with Gasteiger partial charge in [-0.05, 0) is 205 Å². The molecule has 103 heavy (non-hydrogen) atoms. The third kappa shape index (κ3) is 43.1. The molecule has 3 fully saturated rings. The standard InChI is InChI=1S/C14H21N.C12H22N2.C12H24.2C12H18.C11H17N.C11H23N.7C2H6/c1-10(2)12-5-6-13-8-15(11(3)4)9-14(13)7-12;1-8(2)10-5-11-6-13-12(9(3)4)14(11)7-10;2*1-9(2)11-6-5-7-12(8-11)10(3)4;1-9(2)11-7-5-6-8-12(11)10(3)4;1-8(2)10-5-6-12-11(7-10)9(3)4;1-9(2)11-6-5-7-12(8-11)10(3)4;7*1-2/h5-7,10-11H,8-9H2,1-4H3;8-11H,5-7H2,1-4H3;9-12H,5-8H2,1-4H3;2*5-10H,1-4H3;5-9H,1-4H3;9-11H,5-8H2,1-4H3;7*1-2H3. The van der Waals surface area contributed by atoms with E-state index in [2.05, 4.69) is 297 Å². The average Bonchev–Trinajstić information content (AvgIpc) is 1.65. The number of aromatic nitrogens is 1. The fourth-order valence-electron chi connectivity index (χ4n) is 13.4. The number of benzene rings is 3. The van der Waals surface area contributed by atoms with E-state index < -0.39 is 0 Å². The Labute approximate surface area is 649 Å². The van der Waals surface area contributed by atoms with Gasteiger partial charge < -0.3 is 9.80 Å². The lowest BCUT2D eigenvalue weighted by Crippen LogP contribution is -2.41. The van der Waals surface area contributed by atoms with Crippen LogP contribution in [0.15, 0.2) is 90.1 Å². The summed E-state index contributed by atoms with van der Waals surface area (Å²) in [4.78, 5) is 16.7. The van der Waals surface area contributed by atoms with E-state index in [0.717, 1.165) is 79.1 Å². The van der Waals surface area contributed by atoms with E-state index in [0.29, 0.717) is 53.4 Å². The quantitative estimate of drug-likeness (QED) is 0.126. The van der Waals surface area contributed by atoms with Crippen LogP contribution in [-0.2, 0) is 13.1 Å². The second kappa shape index (κ2) is 63.2. The third-order valence-electron chi connectivity index (χ3n) is 20.4. The summed E-state index contributed by atoms with van der Waals surface area (Å²) in [5.41, 5.74) is 13.0. The van der Waals surface area contributed by atoms with Crippen molar-refractivity contribution >= 4 is 5.84 Å². The van der Waals surface area contributed by atoms with Crippen LogP contribution in [0, 0.1) is 53.3 Å². The Morgan fingerprint density at radius 2 is 0.748 bits per heavy atom. The highest BCUT2D eigenvalue weighted by molar-refractivity contribution is 5.86. The lowest BCUT2D eigenvalue weighted by atomic mass is 9.72. The molecular weight excluding hydrogens is 1250 g/mol. The molecule has 4 aliphatic heterocycles. The van der Waals surface area contributed by atoms with E-state index in [1.807, 2.05) is 103 Å². The zero-order chi connectivity index (χ0) is 81.0. The molecule has 2 saturated heterocycles. The number of piperidine rings is 1. The normalized spacial score (nSPS) is 17.8. The van der Waals surface area contributed by atoms with E-state index >= 15 is 0 Å². The number of hydrogen-bond acceptors (Lipinski definition) is 5. The monoisotopic (exact) mass is 1430 g/mol. The first-order valence-electron chi connectivity index (χ1n) is 43.8. The maximum atomic E-state index is 4.66. The molecule has 0 N–H and O–H groups in total. The molecule has 3 aromatic carbocycles. The maximum Gasteiger partial charge on any atom is 0.102 e.